The first kappa shape index (κ1) is 18.6. The van der Waals surface area contributed by atoms with Crippen LogP contribution in [0.4, 0.5) is 0 Å². The summed E-state index contributed by atoms with van der Waals surface area (Å²) >= 11 is 0. The van der Waals surface area contributed by atoms with Crippen molar-refractivity contribution >= 4 is 5.71 Å². The maximum atomic E-state index is 10.2. The van der Waals surface area contributed by atoms with Crippen LogP contribution in [-0.2, 0) is 6.54 Å². The van der Waals surface area contributed by atoms with Crippen molar-refractivity contribution in [2.45, 2.75) is 77.9 Å². The Bertz CT molecular complexity index is 796. The van der Waals surface area contributed by atoms with Gasteiger partial charge in [0.2, 0.25) is 0 Å². The van der Waals surface area contributed by atoms with Gasteiger partial charge < -0.3 is 5.11 Å². The zero-order valence-electron chi connectivity index (χ0n) is 17.5. The van der Waals surface area contributed by atoms with Gasteiger partial charge in [-0.15, -0.1) is 0 Å². The van der Waals surface area contributed by atoms with Crippen LogP contribution in [0, 0.1) is 28.6 Å². The number of aliphatic imine (C=N–C) groups is 1. The molecule has 0 aliphatic heterocycles. The Morgan fingerprint density at radius 3 is 2.57 bits per heavy atom. The molecule has 1 aromatic carbocycles. The number of aliphatic hydroxyl groups excluding tert-OH is 1. The van der Waals surface area contributed by atoms with Gasteiger partial charge in [0, 0.05) is 11.1 Å². The molecule has 3 saturated carbocycles. The van der Waals surface area contributed by atoms with Gasteiger partial charge in [0.25, 0.3) is 0 Å². The van der Waals surface area contributed by atoms with Crippen molar-refractivity contribution in [1.82, 2.24) is 0 Å². The summed E-state index contributed by atoms with van der Waals surface area (Å²) in [7, 11) is 0. The molecule has 4 aliphatic rings. The Balaban J connectivity index is 1.39. The fourth-order valence-corrected chi connectivity index (χ4v) is 7.46. The topological polar surface area (TPSA) is 32.6 Å². The van der Waals surface area contributed by atoms with E-state index in [2.05, 4.69) is 50.3 Å². The van der Waals surface area contributed by atoms with Gasteiger partial charge in [0.15, 0.2) is 0 Å². The van der Waals surface area contributed by atoms with Crippen molar-refractivity contribution in [2.24, 2.45) is 33.6 Å². The molecule has 4 aliphatic carbocycles. The minimum atomic E-state index is -0.104. The zero-order valence-corrected chi connectivity index (χ0v) is 17.5. The smallest absolute Gasteiger partial charge is 0.0639 e. The number of nitrogens with zero attached hydrogens (tertiary/aromatic N) is 1. The second-order valence-electron chi connectivity index (χ2n) is 10.4. The lowest BCUT2D eigenvalue weighted by molar-refractivity contribution is -0.0209. The maximum Gasteiger partial charge on any atom is 0.0639 e. The largest absolute Gasteiger partial charge is 0.393 e. The predicted octanol–water partition coefficient (Wildman–Crippen LogP) is 5.95. The summed E-state index contributed by atoms with van der Waals surface area (Å²) in [4.78, 5) is 5.16. The highest BCUT2D eigenvalue weighted by atomic mass is 16.3. The Morgan fingerprint density at radius 2 is 1.75 bits per heavy atom. The van der Waals surface area contributed by atoms with E-state index in [1.54, 1.807) is 5.57 Å². The molecule has 3 fully saturated rings. The van der Waals surface area contributed by atoms with Gasteiger partial charge in [0.1, 0.15) is 0 Å². The Labute approximate surface area is 170 Å². The van der Waals surface area contributed by atoms with Gasteiger partial charge in [-0.1, -0.05) is 55.8 Å². The van der Waals surface area contributed by atoms with Crippen LogP contribution in [0.5, 0.6) is 0 Å². The summed E-state index contributed by atoms with van der Waals surface area (Å²) in [5.74, 6) is 2.42. The van der Waals surface area contributed by atoms with Gasteiger partial charge in [-0.3, -0.25) is 4.99 Å². The van der Waals surface area contributed by atoms with Crippen LogP contribution in [0.2, 0.25) is 0 Å². The second-order valence-corrected chi connectivity index (χ2v) is 10.4. The van der Waals surface area contributed by atoms with Gasteiger partial charge >= 0.3 is 0 Å². The summed E-state index contributed by atoms with van der Waals surface area (Å²) < 4.78 is 0. The summed E-state index contributed by atoms with van der Waals surface area (Å²) in [6.07, 6.45) is 11.9. The average molecular weight is 378 g/mol. The molecule has 5 rings (SSSR count). The fourth-order valence-electron chi connectivity index (χ4n) is 7.46. The van der Waals surface area contributed by atoms with Crippen LogP contribution >= 0.6 is 0 Å². The van der Waals surface area contributed by atoms with Gasteiger partial charge in [0.05, 0.1) is 12.6 Å². The van der Waals surface area contributed by atoms with E-state index in [4.69, 9.17) is 4.99 Å². The minimum absolute atomic E-state index is 0.104. The molecular weight excluding hydrogens is 342 g/mol. The first-order valence-corrected chi connectivity index (χ1v) is 11.5. The SMILES string of the molecule is C[C@]12CC[C@H](O)CC1=CC[C@@H]1[C@@H]2CC[C@]2(C)C(=NCc3ccccc3)CC[C@@H]12. The molecule has 1 aromatic rings. The quantitative estimate of drug-likeness (QED) is 0.635. The molecule has 0 saturated heterocycles. The van der Waals surface area contributed by atoms with E-state index in [9.17, 15) is 5.11 Å². The van der Waals surface area contributed by atoms with Crippen molar-refractivity contribution < 1.29 is 5.11 Å². The van der Waals surface area contributed by atoms with Gasteiger partial charge in [-0.05, 0) is 80.1 Å². The lowest BCUT2D eigenvalue weighted by Gasteiger charge is -2.57. The van der Waals surface area contributed by atoms with Crippen LogP contribution < -0.4 is 0 Å². The summed E-state index contributed by atoms with van der Waals surface area (Å²) in [6.45, 7) is 5.88. The van der Waals surface area contributed by atoms with Crippen molar-refractivity contribution in [3.8, 4) is 0 Å². The van der Waals surface area contributed by atoms with Gasteiger partial charge in [-0.25, -0.2) is 0 Å². The standard InChI is InChI=1S/C26H35NO/c1-25-14-12-20(28)16-19(25)8-9-21-22-10-11-24(26(22,2)15-13-23(21)25)27-17-18-6-4-3-5-7-18/h3-8,20-23,28H,9-17H2,1-2H3/t20-,21-,22-,23-,25-,26-/m0/s1. The molecular formula is C26H35NO. The summed E-state index contributed by atoms with van der Waals surface area (Å²) in [5, 5.41) is 10.2. The monoisotopic (exact) mass is 377 g/mol. The first-order valence-electron chi connectivity index (χ1n) is 11.5. The molecule has 28 heavy (non-hydrogen) atoms. The van der Waals surface area contributed by atoms with Crippen LogP contribution in [-0.4, -0.2) is 16.9 Å². The molecule has 1 N–H and O–H groups in total. The van der Waals surface area contributed by atoms with Crippen molar-refractivity contribution in [2.75, 3.05) is 0 Å². The van der Waals surface area contributed by atoms with E-state index in [1.165, 1.54) is 49.8 Å². The third kappa shape index (κ3) is 2.83. The number of hydrogen-bond donors (Lipinski definition) is 1. The lowest BCUT2D eigenvalue weighted by Crippen LogP contribution is -2.50. The van der Waals surface area contributed by atoms with Crippen LogP contribution in [0.1, 0.15) is 70.8 Å². The lowest BCUT2D eigenvalue weighted by atomic mass is 9.48. The third-order valence-electron chi connectivity index (χ3n) is 9.11. The second kappa shape index (κ2) is 6.83. The highest BCUT2D eigenvalue weighted by molar-refractivity contribution is 5.92. The molecule has 6 atom stereocenters. The Kier molecular flexibility index (Phi) is 4.54. The number of aliphatic hydroxyl groups is 1. The van der Waals surface area contributed by atoms with Crippen LogP contribution in [0.15, 0.2) is 47.0 Å². The normalized spacial score (nSPS) is 43.8. The predicted molar refractivity (Wildman–Crippen MR) is 115 cm³/mol. The van der Waals surface area contributed by atoms with Crippen molar-refractivity contribution in [3.05, 3.63) is 47.5 Å². The first-order chi connectivity index (χ1) is 13.5. The van der Waals surface area contributed by atoms with E-state index < -0.39 is 0 Å². The van der Waals surface area contributed by atoms with Crippen LogP contribution in [0.3, 0.4) is 0 Å². The minimum Gasteiger partial charge on any atom is -0.393 e. The highest BCUT2D eigenvalue weighted by Gasteiger charge is 2.57. The third-order valence-corrected chi connectivity index (χ3v) is 9.11. The number of allylic oxidation sites excluding steroid dienone is 1. The average Bonchev–Trinajstić information content (AvgIpc) is 3.04. The van der Waals surface area contributed by atoms with E-state index in [-0.39, 0.29) is 6.10 Å². The Morgan fingerprint density at radius 1 is 1.00 bits per heavy atom. The summed E-state index contributed by atoms with van der Waals surface area (Å²) in [5.41, 5.74) is 5.05. The molecule has 150 valence electrons. The number of fused-ring (bicyclic) bond motifs is 5. The summed E-state index contributed by atoms with van der Waals surface area (Å²) in [6, 6.07) is 10.7. The molecule has 2 heteroatoms. The molecule has 0 amide bonds. The number of hydrogen-bond acceptors (Lipinski definition) is 2. The van der Waals surface area contributed by atoms with Crippen molar-refractivity contribution in [1.29, 1.82) is 0 Å². The van der Waals surface area contributed by atoms with Crippen molar-refractivity contribution in [3.63, 3.8) is 0 Å². The zero-order chi connectivity index (χ0) is 19.4. The van der Waals surface area contributed by atoms with Gasteiger partial charge in [-0.2, -0.15) is 0 Å². The molecule has 0 heterocycles. The van der Waals surface area contributed by atoms with Crippen LogP contribution in [0.25, 0.3) is 0 Å². The number of benzene rings is 1. The molecule has 0 bridgehead atoms. The van der Waals surface area contributed by atoms with E-state index in [0.717, 1.165) is 37.1 Å². The number of rotatable bonds is 2. The fraction of sp³-hybridized carbons (Fsp3) is 0.654. The van der Waals surface area contributed by atoms with E-state index in [0.29, 0.717) is 10.8 Å². The highest BCUT2D eigenvalue weighted by Crippen LogP contribution is 2.64. The van der Waals surface area contributed by atoms with E-state index in [1.807, 2.05) is 0 Å². The van der Waals surface area contributed by atoms with E-state index >= 15 is 0 Å². The molecule has 0 aromatic heterocycles. The maximum absolute atomic E-state index is 10.2. The molecule has 2 nitrogen and oxygen atoms in total. The molecule has 0 unspecified atom stereocenters. The molecule has 0 radical (unpaired) electrons. The molecule has 0 spiro atoms. The Hall–Kier alpha value is -1.41.